The molecule has 1 aliphatic rings. The summed E-state index contributed by atoms with van der Waals surface area (Å²) < 4.78 is 5.14. The smallest absolute Gasteiger partial charge is 0.408 e. The maximum Gasteiger partial charge on any atom is 0.417 e. The minimum absolute atomic E-state index is 0.0106. The molecule has 4 rings (SSSR count). The molecule has 2 heterocycles. The summed E-state index contributed by atoms with van der Waals surface area (Å²) in [5.41, 5.74) is 3.60. The van der Waals surface area contributed by atoms with E-state index < -0.39 is 5.76 Å². The lowest BCUT2D eigenvalue weighted by Gasteiger charge is -2.36. The lowest BCUT2D eigenvalue weighted by atomic mass is 10.1. The van der Waals surface area contributed by atoms with Gasteiger partial charge >= 0.3 is 11.8 Å². The number of nitrogens with zero attached hydrogens (tertiary/aromatic N) is 2. The van der Waals surface area contributed by atoms with Crippen LogP contribution in [0.3, 0.4) is 0 Å². The van der Waals surface area contributed by atoms with E-state index in [0.29, 0.717) is 30.7 Å². The Balaban J connectivity index is 1.19. The fourth-order valence-electron chi connectivity index (χ4n) is 3.70. The number of carbonyl (C=O) groups excluding carboxylic acids is 1. The summed E-state index contributed by atoms with van der Waals surface area (Å²) in [5, 5.41) is 3.03. The van der Waals surface area contributed by atoms with Gasteiger partial charge in [0, 0.05) is 44.5 Å². The van der Waals surface area contributed by atoms with E-state index in [1.54, 1.807) is 0 Å². The molecule has 7 nitrogen and oxygen atoms in total. The molecule has 0 saturated carbocycles. The van der Waals surface area contributed by atoms with E-state index in [1.807, 2.05) is 29.2 Å². The van der Waals surface area contributed by atoms with Crippen LogP contribution in [0.2, 0.25) is 0 Å². The molecule has 0 unspecified atom stereocenters. The zero-order chi connectivity index (χ0) is 20.1. The first kappa shape index (κ1) is 19.1. The van der Waals surface area contributed by atoms with E-state index in [0.717, 1.165) is 38.0 Å². The maximum atomic E-state index is 12.4. The number of fused-ring (bicyclic) bond motifs is 1. The van der Waals surface area contributed by atoms with Gasteiger partial charge in [0.25, 0.3) is 0 Å². The molecule has 1 saturated heterocycles. The third-order valence-electron chi connectivity index (χ3n) is 5.35. The second kappa shape index (κ2) is 8.86. The van der Waals surface area contributed by atoms with Gasteiger partial charge in [-0.15, -0.1) is 0 Å². The van der Waals surface area contributed by atoms with E-state index in [9.17, 15) is 9.59 Å². The maximum absolute atomic E-state index is 12.4. The van der Waals surface area contributed by atoms with Crippen LogP contribution >= 0.6 is 0 Å². The fraction of sp³-hybridized carbons (Fsp3) is 0.364. The molecule has 1 aromatic heterocycles. The number of nitrogens with one attached hydrogen (secondary N) is 2. The normalized spacial score (nSPS) is 14.3. The summed E-state index contributed by atoms with van der Waals surface area (Å²) in [6.07, 6.45) is 3.08. The van der Waals surface area contributed by atoms with Gasteiger partial charge in [-0.05, 0) is 37.0 Å². The fourth-order valence-corrected chi connectivity index (χ4v) is 3.70. The van der Waals surface area contributed by atoms with Gasteiger partial charge < -0.3 is 19.5 Å². The van der Waals surface area contributed by atoms with E-state index in [1.165, 1.54) is 5.56 Å². The van der Waals surface area contributed by atoms with E-state index in [2.05, 4.69) is 39.5 Å². The first-order valence-corrected chi connectivity index (χ1v) is 10.1. The molecule has 7 heteroatoms. The number of oxazole rings is 1. The topological polar surface area (TPSA) is 81.6 Å². The number of aryl methyl sites for hydroxylation is 1. The number of benzene rings is 2. The van der Waals surface area contributed by atoms with Gasteiger partial charge in [0.05, 0.1) is 5.52 Å². The van der Waals surface area contributed by atoms with E-state index in [4.69, 9.17) is 4.42 Å². The number of unbranched alkanes of at least 4 members (excludes halogenated alkanes) is 1. The second-order valence-corrected chi connectivity index (χ2v) is 7.34. The number of rotatable bonds is 6. The number of hydrogen-bond donors (Lipinski definition) is 2. The number of aromatic nitrogens is 1. The first-order chi connectivity index (χ1) is 14.2. The molecular weight excluding hydrogens is 368 g/mol. The highest BCUT2D eigenvalue weighted by Gasteiger charge is 2.21. The average Bonchev–Trinajstić information content (AvgIpc) is 3.13. The summed E-state index contributed by atoms with van der Waals surface area (Å²) in [6, 6.07) is 16.1. The number of urea groups is 1. The molecule has 0 radical (unpaired) electrons. The first-order valence-electron chi connectivity index (χ1n) is 10.1. The monoisotopic (exact) mass is 394 g/mol. The van der Waals surface area contributed by atoms with Crippen molar-refractivity contribution in [3.05, 3.63) is 64.6 Å². The Labute approximate surface area is 169 Å². The molecule has 152 valence electrons. The Morgan fingerprint density at radius 1 is 1.03 bits per heavy atom. The third kappa shape index (κ3) is 4.80. The molecule has 2 N–H and O–H groups in total. The van der Waals surface area contributed by atoms with Gasteiger partial charge in [-0.1, -0.05) is 30.3 Å². The van der Waals surface area contributed by atoms with Crippen molar-refractivity contribution < 1.29 is 9.21 Å². The van der Waals surface area contributed by atoms with Gasteiger partial charge in [0.1, 0.15) is 0 Å². The highest BCUT2D eigenvalue weighted by Crippen LogP contribution is 2.21. The Kier molecular flexibility index (Phi) is 5.84. The Hall–Kier alpha value is -3.22. The zero-order valence-corrected chi connectivity index (χ0v) is 16.4. The second-order valence-electron chi connectivity index (χ2n) is 7.34. The van der Waals surface area contributed by atoms with Crippen LogP contribution in [0.1, 0.15) is 18.4 Å². The standard InChI is InChI=1S/C22H26N4O3/c27-21(23-11-5-4-8-17-6-2-1-3-7-17)26-14-12-25(13-15-26)18-9-10-19-20(16-18)29-22(28)24-19/h1-3,6-7,9-10,16H,4-5,8,11-15H2,(H,23,27)(H,24,28). The summed E-state index contributed by atoms with van der Waals surface area (Å²) in [4.78, 5) is 30.4. The number of piperazine rings is 1. The highest BCUT2D eigenvalue weighted by molar-refractivity contribution is 5.77. The molecule has 29 heavy (non-hydrogen) atoms. The molecule has 0 aliphatic carbocycles. The highest BCUT2D eigenvalue weighted by atomic mass is 16.4. The van der Waals surface area contributed by atoms with Crippen molar-refractivity contribution >= 4 is 22.8 Å². The van der Waals surface area contributed by atoms with Crippen LogP contribution in [0.25, 0.3) is 11.1 Å². The van der Waals surface area contributed by atoms with Crippen LogP contribution < -0.4 is 16.0 Å². The van der Waals surface area contributed by atoms with Crippen molar-refractivity contribution in [3.63, 3.8) is 0 Å². The summed E-state index contributed by atoms with van der Waals surface area (Å²) >= 11 is 0. The molecular formula is C22H26N4O3. The number of amides is 2. The molecule has 2 aromatic carbocycles. The lowest BCUT2D eigenvalue weighted by Crippen LogP contribution is -2.52. The molecule has 0 atom stereocenters. The van der Waals surface area contributed by atoms with Gasteiger partial charge in [-0.25, -0.2) is 9.59 Å². The molecule has 2 amide bonds. The number of H-pyrrole nitrogens is 1. The predicted octanol–water partition coefficient (Wildman–Crippen LogP) is 2.98. The average molecular weight is 394 g/mol. The Morgan fingerprint density at radius 3 is 2.62 bits per heavy atom. The number of anilines is 1. The predicted molar refractivity (Wildman–Crippen MR) is 113 cm³/mol. The van der Waals surface area contributed by atoms with Crippen LogP contribution in [0.4, 0.5) is 10.5 Å². The van der Waals surface area contributed by atoms with E-state index in [-0.39, 0.29) is 6.03 Å². The SMILES string of the molecule is O=C(NCCCCc1ccccc1)N1CCN(c2ccc3[nH]c(=O)oc3c2)CC1. The van der Waals surface area contributed by atoms with Crippen molar-refractivity contribution in [1.82, 2.24) is 15.2 Å². The van der Waals surface area contributed by atoms with Crippen LogP contribution in [0.5, 0.6) is 0 Å². The van der Waals surface area contributed by atoms with Crippen LogP contribution in [-0.2, 0) is 6.42 Å². The third-order valence-corrected chi connectivity index (χ3v) is 5.35. The minimum Gasteiger partial charge on any atom is -0.408 e. The van der Waals surface area contributed by atoms with Gasteiger partial charge in [-0.3, -0.25) is 4.98 Å². The largest absolute Gasteiger partial charge is 0.417 e. The number of aromatic amines is 1. The van der Waals surface area contributed by atoms with Crippen LogP contribution in [0, 0.1) is 0 Å². The minimum atomic E-state index is -0.442. The van der Waals surface area contributed by atoms with Crippen molar-refractivity contribution in [2.45, 2.75) is 19.3 Å². The Morgan fingerprint density at radius 2 is 1.83 bits per heavy atom. The van der Waals surface area contributed by atoms with Crippen molar-refractivity contribution in [2.75, 3.05) is 37.6 Å². The lowest BCUT2D eigenvalue weighted by molar-refractivity contribution is 0.194. The summed E-state index contributed by atoms with van der Waals surface area (Å²) in [6.45, 7) is 3.55. The zero-order valence-electron chi connectivity index (χ0n) is 16.4. The van der Waals surface area contributed by atoms with Gasteiger partial charge in [-0.2, -0.15) is 0 Å². The van der Waals surface area contributed by atoms with Crippen LogP contribution in [-0.4, -0.2) is 48.6 Å². The van der Waals surface area contributed by atoms with E-state index >= 15 is 0 Å². The van der Waals surface area contributed by atoms with Gasteiger partial charge in [0.2, 0.25) is 0 Å². The van der Waals surface area contributed by atoms with Crippen molar-refractivity contribution in [2.24, 2.45) is 0 Å². The molecule has 0 spiro atoms. The van der Waals surface area contributed by atoms with Crippen molar-refractivity contribution in [1.29, 1.82) is 0 Å². The number of carbonyl (C=O) groups is 1. The van der Waals surface area contributed by atoms with Crippen molar-refractivity contribution in [3.8, 4) is 0 Å². The quantitative estimate of drug-likeness (QED) is 0.630. The van der Waals surface area contributed by atoms with Crippen LogP contribution in [0.15, 0.2) is 57.7 Å². The molecule has 1 fully saturated rings. The summed E-state index contributed by atoms with van der Waals surface area (Å²) in [7, 11) is 0. The number of hydrogen-bond acceptors (Lipinski definition) is 4. The molecule has 0 bridgehead atoms. The Bertz CT molecular complexity index is 1000. The molecule has 3 aromatic rings. The summed E-state index contributed by atoms with van der Waals surface area (Å²) in [5.74, 6) is -0.442. The van der Waals surface area contributed by atoms with Gasteiger partial charge in [0.15, 0.2) is 5.58 Å². The molecule has 1 aliphatic heterocycles.